The second-order valence-electron chi connectivity index (χ2n) is 6.05. The van der Waals surface area contributed by atoms with Crippen LogP contribution < -0.4 is 4.74 Å². The Hall–Kier alpha value is -2.29. The summed E-state index contributed by atoms with van der Waals surface area (Å²) in [4.78, 5) is 10.8. The molecular formula is C19H22O3. The van der Waals surface area contributed by atoms with Crippen molar-refractivity contribution in [1.29, 1.82) is 0 Å². The highest BCUT2D eigenvalue weighted by atomic mass is 16.5. The summed E-state index contributed by atoms with van der Waals surface area (Å²) in [5, 5.41) is 8.85. The molecule has 0 aromatic heterocycles. The number of benzene rings is 2. The van der Waals surface area contributed by atoms with Crippen LogP contribution in [0.1, 0.15) is 48.7 Å². The van der Waals surface area contributed by atoms with Crippen molar-refractivity contribution in [3.8, 4) is 5.75 Å². The molecule has 3 heteroatoms. The van der Waals surface area contributed by atoms with Crippen molar-refractivity contribution in [3.05, 3.63) is 65.2 Å². The molecule has 2 rings (SSSR count). The molecule has 0 spiro atoms. The Morgan fingerprint density at radius 3 is 2.14 bits per heavy atom. The fraction of sp³-hybridized carbons (Fsp3) is 0.316. The molecule has 0 saturated heterocycles. The van der Waals surface area contributed by atoms with Crippen molar-refractivity contribution in [1.82, 2.24) is 0 Å². The number of rotatable bonds is 6. The summed E-state index contributed by atoms with van der Waals surface area (Å²) >= 11 is 0. The molecule has 0 saturated carbocycles. The molecular weight excluding hydrogens is 276 g/mol. The minimum atomic E-state index is -0.930. The molecule has 0 atom stereocenters. The first-order chi connectivity index (χ1) is 10.4. The van der Waals surface area contributed by atoms with Crippen molar-refractivity contribution in [3.63, 3.8) is 0 Å². The topological polar surface area (TPSA) is 46.5 Å². The lowest BCUT2D eigenvalue weighted by atomic mass is 9.82. The van der Waals surface area contributed by atoms with Crippen LogP contribution >= 0.6 is 0 Å². The normalized spacial score (nSPS) is 11.2. The summed E-state index contributed by atoms with van der Waals surface area (Å²) in [6.07, 6.45) is 1.10. The van der Waals surface area contributed by atoms with Crippen molar-refractivity contribution in [2.24, 2.45) is 0 Å². The van der Waals surface area contributed by atoms with Crippen LogP contribution in [0.2, 0.25) is 0 Å². The molecule has 2 aromatic rings. The van der Waals surface area contributed by atoms with Crippen LogP contribution in [0.15, 0.2) is 48.5 Å². The van der Waals surface area contributed by atoms with Crippen LogP contribution in [0.5, 0.6) is 5.75 Å². The lowest BCUT2D eigenvalue weighted by molar-refractivity contribution is 0.0697. The van der Waals surface area contributed by atoms with Gasteiger partial charge in [0.05, 0.1) is 5.56 Å². The van der Waals surface area contributed by atoms with Crippen molar-refractivity contribution in [2.75, 3.05) is 0 Å². The number of carboxylic acid groups (broad SMARTS) is 1. The molecule has 2 aromatic carbocycles. The van der Waals surface area contributed by atoms with Gasteiger partial charge in [-0.2, -0.15) is 0 Å². The first-order valence-electron chi connectivity index (χ1n) is 7.48. The summed E-state index contributed by atoms with van der Waals surface area (Å²) in [5.41, 5.74) is 2.87. The van der Waals surface area contributed by atoms with Gasteiger partial charge in [-0.05, 0) is 47.2 Å². The second kappa shape index (κ2) is 6.65. The molecule has 1 N–H and O–H groups in total. The summed E-state index contributed by atoms with van der Waals surface area (Å²) in [6, 6.07) is 14.9. The van der Waals surface area contributed by atoms with Gasteiger partial charge in [0.25, 0.3) is 0 Å². The lowest BCUT2D eigenvalue weighted by Gasteiger charge is -2.23. The summed E-state index contributed by atoms with van der Waals surface area (Å²) in [5.74, 6) is -0.261. The Bertz CT molecular complexity index is 625. The zero-order valence-electron chi connectivity index (χ0n) is 13.3. The van der Waals surface area contributed by atoms with Gasteiger partial charge in [-0.3, -0.25) is 0 Å². The molecule has 0 radical (unpaired) electrons. The van der Waals surface area contributed by atoms with Gasteiger partial charge in [-0.1, -0.05) is 45.0 Å². The van der Waals surface area contributed by atoms with E-state index in [9.17, 15) is 4.79 Å². The van der Waals surface area contributed by atoms with Gasteiger partial charge in [0.1, 0.15) is 12.4 Å². The molecule has 0 heterocycles. The van der Waals surface area contributed by atoms with E-state index in [1.54, 1.807) is 24.3 Å². The second-order valence-corrected chi connectivity index (χ2v) is 6.05. The van der Waals surface area contributed by atoms with Crippen LogP contribution in [-0.2, 0) is 12.0 Å². The molecule has 0 aliphatic carbocycles. The minimum absolute atomic E-state index is 0.187. The standard InChI is InChI=1S/C19H22O3/c1-4-19(2,3)16-9-5-14(6-10-16)13-22-17-11-7-15(8-12-17)18(20)21/h5-12H,4,13H2,1-3H3,(H,20,21). The van der Waals surface area contributed by atoms with Gasteiger partial charge in [-0.25, -0.2) is 4.79 Å². The van der Waals surface area contributed by atoms with Crippen molar-refractivity contribution >= 4 is 5.97 Å². The largest absolute Gasteiger partial charge is 0.489 e. The van der Waals surface area contributed by atoms with E-state index >= 15 is 0 Å². The smallest absolute Gasteiger partial charge is 0.335 e. The number of hydrogen-bond acceptors (Lipinski definition) is 2. The van der Waals surface area contributed by atoms with E-state index in [1.807, 2.05) is 0 Å². The third-order valence-electron chi connectivity index (χ3n) is 4.13. The molecule has 0 bridgehead atoms. The summed E-state index contributed by atoms with van der Waals surface area (Å²) in [6.45, 7) is 7.14. The van der Waals surface area contributed by atoms with E-state index < -0.39 is 5.97 Å². The number of carbonyl (C=O) groups is 1. The Kier molecular flexibility index (Phi) is 4.86. The van der Waals surface area contributed by atoms with Gasteiger partial charge in [0.15, 0.2) is 0 Å². The maximum absolute atomic E-state index is 10.8. The Morgan fingerprint density at radius 2 is 1.64 bits per heavy atom. The highest BCUT2D eigenvalue weighted by Gasteiger charge is 2.17. The van der Waals surface area contributed by atoms with E-state index in [0.29, 0.717) is 12.4 Å². The first kappa shape index (κ1) is 16.1. The number of carboxylic acids is 1. The van der Waals surface area contributed by atoms with Gasteiger partial charge in [0, 0.05) is 0 Å². The molecule has 0 fully saturated rings. The number of ether oxygens (including phenoxy) is 1. The number of hydrogen-bond donors (Lipinski definition) is 1. The van der Waals surface area contributed by atoms with Gasteiger partial charge in [-0.15, -0.1) is 0 Å². The fourth-order valence-corrected chi connectivity index (χ4v) is 2.12. The third-order valence-corrected chi connectivity index (χ3v) is 4.13. The molecule has 116 valence electrons. The summed E-state index contributed by atoms with van der Waals surface area (Å²) < 4.78 is 5.69. The van der Waals surface area contributed by atoms with Crippen LogP contribution in [0, 0.1) is 0 Å². The van der Waals surface area contributed by atoms with Gasteiger partial charge >= 0.3 is 5.97 Å². The van der Waals surface area contributed by atoms with Crippen LogP contribution in [0.4, 0.5) is 0 Å². The fourth-order valence-electron chi connectivity index (χ4n) is 2.12. The lowest BCUT2D eigenvalue weighted by Crippen LogP contribution is -2.15. The van der Waals surface area contributed by atoms with E-state index in [4.69, 9.17) is 9.84 Å². The zero-order valence-corrected chi connectivity index (χ0v) is 13.3. The van der Waals surface area contributed by atoms with Crippen molar-refractivity contribution in [2.45, 2.75) is 39.2 Å². The monoisotopic (exact) mass is 298 g/mol. The van der Waals surface area contributed by atoms with E-state index in [1.165, 1.54) is 5.56 Å². The van der Waals surface area contributed by atoms with Crippen LogP contribution in [0.3, 0.4) is 0 Å². The number of aromatic carboxylic acids is 1. The zero-order chi connectivity index (χ0) is 16.2. The first-order valence-corrected chi connectivity index (χ1v) is 7.48. The van der Waals surface area contributed by atoms with E-state index in [-0.39, 0.29) is 11.0 Å². The molecule has 22 heavy (non-hydrogen) atoms. The molecule has 0 aliphatic rings. The molecule has 0 aliphatic heterocycles. The average molecular weight is 298 g/mol. The molecule has 0 unspecified atom stereocenters. The third kappa shape index (κ3) is 3.88. The van der Waals surface area contributed by atoms with E-state index in [2.05, 4.69) is 45.0 Å². The maximum Gasteiger partial charge on any atom is 0.335 e. The van der Waals surface area contributed by atoms with Gasteiger partial charge in [0.2, 0.25) is 0 Å². The minimum Gasteiger partial charge on any atom is -0.489 e. The average Bonchev–Trinajstić information content (AvgIpc) is 2.53. The highest BCUT2D eigenvalue weighted by molar-refractivity contribution is 5.87. The maximum atomic E-state index is 10.8. The predicted octanol–water partition coefficient (Wildman–Crippen LogP) is 4.65. The SMILES string of the molecule is CCC(C)(C)c1ccc(COc2ccc(C(=O)O)cc2)cc1. The molecule has 3 nitrogen and oxygen atoms in total. The molecule has 0 amide bonds. The summed E-state index contributed by atoms with van der Waals surface area (Å²) in [7, 11) is 0. The Morgan fingerprint density at radius 1 is 1.05 bits per heavy atom. The van der Waals surface area contributed by atoms with Crippen molar-refractivity contribution < 1.29 is 14.6 Å². The predicted molar refractivity (Wildman–Crippen MR) is 87.5 cm³/mol. The Labute approximate surface area is 131 Å². The van der Waals surface area contributed by atoms with Gasteiger partial charge < -0.3 is 9.84 Å². The van der Waals surface area contributed by atoms with Crippen LogP contribution in [-0.4, -0.2) is 11.1 Å². The van der Waals surface area contributed by atoms with Crippen LogP contribution in [0.25, 0.3) is 0 Å². The highest BCUT2D eigenvalue weighted by Crippen LogP contribution is 2.26. The quantitative estimate of drug-likeness (QED) is 0.844. The Balaban J connectivity index is 1.98. The van der Waals surface area contributed by atoms with E-state index in [0.717, 1.165) is 12.0 Å².